The lowest BCUT2D eigenvalue weighted by atomic mass is 9.80. The maximum Gasteiger partial charge on any atom is 0.330 e. The average Bonchev–Trinajstić information content (AvgIpc) is 2.33. The van der Waals surface area contributed by atoms with Gasteiger partial charge in [0.25, 0.3) is 0 Å². The molecule has 0 saturated heterocycles. The Labute approximate surface area is 101 Å². The van der Waals surface area contributed by atoms with Crippen LogP contribution in [-0.2, 0) is 9.53 Å². The molecule has 0 N–H and O–H groups in total. The van der Waals surface area contributed by atoms with Gasteiger partial charge < -0.3 is 9.47 Å². The second kappa shape index (κ2) is 5.04. The van der Waals surface area contributed by atoms with E-state index in [0.717, 1.165) is 25.0 Å². The fourth-order valence-corrected chi connectivity index (χ4v) is 1.85. The van der Waals surface area contributed by atoms with Crippen molar-refractivity contribution in [3.8, 4) is 5.75 Å². The smallest absolute Gasteiger partial charge is 0.330 e. The van der Waals surface area contributed by atoms with E-state index in [9.17, 15) is 4.79 Å². The normalized spacial score (nSPS) is 16.7. The molecule has 0 bridgehead atoms. The topological polar surface area (TPSA) is 35.5 Å². The molecule has 3 heteroatoms. The fraction of sp³-hybridized carbons (Fsp3) is 0.357. The Balaban J connectivity index is 1.95. The van der Waals surface area contributed by atoms with Crippen molar-refractivity contribution in [2.24, 2.45) is 0 Å². The summed E-state index contributed by atoms with van der Waals surface area (Å²) in [4.78, 5) is 11.1. The van der Waals surface area contributed by atoms with Gasteiger partial charge >= 0.3 is 5.97 Å². The minimum Gasteiger partial charge on any atom is -0.484 e. The summed E-state index contributed by atoms with van der Waals surface area (Å²) in [6, 6.07) is 9.62. The molecule has 0 aliphatic heterocycles. The minimum absolute atomic E-state index is 0.298. The lowest BCUT2D eigenvalue weighted by Gasteiger charge is -2.41. The Bertz CT molecular complexity index is 393. The summed E-state index contributed by atoms with van der Waals surface area (Å²) in [5.41, 5.74) is -0.333. The largest absolute Gasteiger partial charge is 0.484 e. The van der Waals surface area contributed by atoms with Gasteiger partial charge in [-0.05, 0) is 31.4 Å². The Morgan fingerprint density at radius 1 is 1.35 bits per heavy atom. The van der Waals surface area contributed by atoms with Crippen molar-refractivity contribution in [2.75, 3.05) is 6.61 Å². The van der Waals surface area contributed by atoms with Crippen molar-refractivity contribution in [1.82, 2.24) is 0 Å². The van der Waals surface area contributed by atoms with Gasteiger partial charge in [-0.2, -0.15) is 0 Å². The predicted octanol–water partition coefficient (Wildman–Crippen LogP) is 2.72. The van der Waals surface area contributed by atoms with E-state index in [0.29, 0.717) is 6.61 Å². The molecule has 2 rings (SSSR count). The van der Waals surface area contributed by atoms with Crippen molar-refractivity contribution >= 4 is 5.97 Å². The highest BCUT2D eigenvalue weighted by Gasteiger charge is 2.40. The third-order valence-corrected chi connectivity index (χ3v) is 2.99. The molecule has 1 saturated carbocycles. The van der Waals surface area contributed by atoms with Crippen LogP contribution in [0.2, 0.25) is 0 Å². The lowest BCUT2D eigenvalue weighted by Crippen LogP contribution is -2.47. The second-order valence-electron chi connectivity index (χ2n) is 4.26. The van der Waals surface area contributed by atoms with Crippen molar-refractivity contribution in [3.63, 3.8) is 0 Å². The Hall–Kier alpha value is -1.77. The van der Waals surface area contributed by atoms with Gasteiger partial charge in [0.15, 0.2) is 0 Å². The minimum atomic E-state index is -0.395. The van der Waals surface area contributed by atoms with Crippen LogP contribution in [0.25, 0.3) is 0 Å². The zero-order chi connectivity index (χ0) is 12.1. The predicted molar refractivity (Wildman–Crippen MR) is 64.8 cm³/mol. The molecule has 0 heterocycles. The van der Waals surface area contributed by atoms with Crippen molar-refractivity contribution in [2.45, 2.75) is 24.9 Å². The van der Waals surface area contributed by atoms with Gasteiger partial charge in [0.05, 0.1) is 0 Å². The summed E-state index contributed by atoms with van der Waals surface area (Å²) in [6.45, 7) is 3.67. The fourth-order valence-electron chi connectivity index (χ4n) is 1.85. The van der Waals surface area contributed by atoms with E-state index in [1.54, 1.807) is 0 Å². The number of ether oxygens (including phenoxy) is 2. The number of carbonyl (C=O) groups is 1. The first-order chi connectivity index (χ1) is 8.24. The zero-order valence-corrected chi connectivity index (χ0v) is 9.72. The number of rotatable bonds is 5. The lowest BCUT2D eigenvalue weighted by molar-refractivity contribution is -0.148. The number of esters is 1. The van der Waals surface area contributed by atoms with Crippen molar-refractivity contribution < 1.29 is 14.3 Å². The highest BCUT2D eigenvalue weighted by molar-refractivity contribution is 5.81. The van der Waals surface area contributed by atoms with Crippen molar-refractivity contribution in [1.29, 1.82) is 0 Å². The Kier molecular flexibility index (Phi) is 3.47. The zero-order valence-electron chi connectivity index (χ0n) is 9.72. The van der Waals surface area contributed by atoms with Gasteiger partial charge in [0.2, 0.25) is 0 Å². The summed E-state index contributed by atoms with van der Waals surface area (Å²) in [5.74, 6) is 0.426. The molecule has 0 atom stereocenters. The molecule has 0 aromatic heterocycles. The Morgan fingerprint density at radius 3 is 2.59 bits per heavy atom. The standard InChI is InChI=1S/C14H16O3/c1-2-13(15)16-11-14(9-6-10-14)17-12-7-4-3-5-8-12/h2-5,7-8H,1,6,9-11H2. The van der Waals surface area contributed by atoms with Crippen LogP contribution < -0.4 is 4.74 Å². The van der Waals surface area contributed by atoms with Crippen LogP contribution in [0.4, 0.5) is 0 Å². The van der Waals surface area contributed by atoms with E-state index in [1.165, 1.54) is 6.08 Å². The average molecular weight is 232 g/mol. The molecular weight excluding hydrogens is 216 g/mol. The van der Waals surface area contributed by atoms with Gasteiger partial charge in [0, 0.05) is 6.08 Å². The highest BCUT2D eigenvalue weighted by atomic mass is 16.6. The first-order valence-corrected chi connectivity index (χ1v) is 5.77. The van der Waals surface area contributed by atoms with Gasteiger partial charge in [-0.25, -0.2) is 4.79 Å². The molecule has 90 valence electrons. The molecule has 0 radical (unpaired) electrons. The van der Waals surface area contributed by atoms with Crippen LogP contribution in [0.1, 0.15) is 19.3 Å². The van der Waals surface area contributed by atoms with Crippen LogP contribution in [0.3, 0.4) is 0 Å². The maximum absolute atomic E-state index is 11.1. The molecule has 0 unspecified atom stereocenters. The van der Waals surface area contributed by atoms with Crippen LogP contribution in [0.15, 0.2) is 43.0 Å². The van der Waals surface area contributed by atoms with Crippen LogP contribution in [0.5, 0.6) is 5.75 Å². The number of hydrogen-bond acceptors (Lipinski definition) is 3. The Morgan fingerprint density at radius 2 is 2.06 bits per heavy atom. The third kappa shape index (κ3) is 2.87. The number of carbonyl (C=O) groups excluding carboxylic acids is 1. The molecule has 3 nitrogen and oxygen atoms in total. The van der Waals surface area contributed by atoms with E-state index in [4.69, 9.17) is 9.47 Å². The van der Waals surface area contributed by atoms with Crippen molar-refractivity contribution in [3.05, 3.63) is 43.0 Å². The first kappa shape index (κ1) is 11.7. The molecule has 1 aromatic rings. The van der Waals surface area contributed by atoms with Gasteiger partial charge in [-0.3, -0.25) is 0 Å². The summed E-state index contributed by atoms with van der Waals surface area (Å²) in [5, 5.41) is 0. The van der Waals surface area contributed by atoms with Crippen LogP contribution in [-0.4, -0.2) is 18.2 Å². The number of para-hydroxylation sites is 1. The summed E-state index contributed by atoms with van der Waals surface area (Å²) in [7, 11) is 0. The molecule has 1 aliphatic carbocycles. The van der Waals surface area contributed by atoms with Gasteiger partial charge in [0.1, 0.15) is 18.0 Å². The molecule has 0 amide bonds. The van der Waals surface area contributed by atoms with E-state index in [2.05, 4.69) is 6.58 Å². The van der Waals surface area contributed by atoms with Gasteiger partial charge in [-0.1, -0.05) is 24.8 Å². The van der Waals surface area contributed by atoms with Crippen LogP contribution >= 0.6 is 0 Å². The first-order valence-electron chi connectivity index (χ1n) is 5.77. The highest BCUT2D eigenvalue weighted by Crippen LogP contribution is 2.36. The summed E-state index contributed by atoms with van der Waals surface area (Å²) < 4.78 is 11.0. The van der Waals surface area contributed by atoms with Crippen LogP contribution in [0, 0.1) is 0 Å². The summed E-state index contributed by atoms with van der Waals surface area (Å²) >= 11 is 0. The molecule has 17 heavy (non-hydrogen) atoms. The number of hydrogen-bond donors (Lipinski definition) is 0. The molecule has 1 aliphatic rings. The molecule has 1 fully saturated rings. The van der Waals surface area contributed by atoms with E-state index < -0.39 is 5.97 Å². The molecular formula is C14H16O3. The number of benzene rings is 1. The monoisotopic (exact) mass is 232 g/mol. The molecule has 1 aromatic carbocycles. The summed E-state index contributed by atoms with van der Waals surface area (Å²) in [6.07, 6.45) is 4.13. The molecule has 0 spiro atoms. The van der Waals surface area contributed by atoms with Gasteiger partial charge in [-0.15, -0.1) is 0 Å². The maximum atomic E-state index is 11.1. The second-order valence-corrected chi connectivity index (χ2v) is 4.26. The van der Waals surface area contributed by atoms with E-state index >= 15 is 0 Å². The quantitative estimate of drug-likeness (QED) is 0.578. The van der Waals surface area contributed by atoms with E-state index in [-0.39, 0.29) is 5.60 Å². The third-order valence-electron chi connectivity index (χ3n) is 2.99. The van der Waals surface area contributed by atoms with E-state index in [1.807, 2.05) is 30.3 Å². The SMILES string of the molecule is C=CC(=O)OCC1(Oc2ccccc2)CCC1.